The molecule has 46 heavy (non-hydrogen) atoms. The average Bonchev–Trinajstić information content (AvgIpc) is 3.64. The van der Waals surface area contributed by atoms with E-state index in [2.05, 4.69) is 179 Å². The van der Waals surface area contributed by atoms with E-state index in [1.807, 2.05) is 0 Å². The molecule has 0 aliphatic carbocycles. The van der Waals surface area contributed by atoms with E-state index in [9.17, 15) is 0 Å². The monoisotopic (exact) mass is 584 g/mol. The van der Waals surface area contributed by atoms with Gasteiger partial charge in [-0.05, 0) is 75.8 Å². The largest absolute Gasteiger partial charge is 0.309 e. The van der Waals surface area contributed by atoms with Gasteiger partial charge in [-0.15, -0.1) is 0 Å². The molecule has 10 rings (SSSR count). The molecule has 0 aliphatic heterocycles. The number of benzene rings is 8. The van der Waals surface area contributed by atoms with Crippen molar-refractivity contribution in [3.05, 3.63) is 170 Å². The molecule has 2 heteroatoms. The number of hydrogen-bond donors (Lipinski definition) is 0. The van der Waals surface area contributed by atoms with E-state index >= 15 is 0 Å². The van der Waals surface area contributed by atoms with Gasteiger partial charge in [0.2, 0.25) is 0 Å². The summed E-state index contributed by atoms with van der Waals surface area (Å²) in [5, 5.41) is 10.1. The predicted octanol–water partition coefficient (Wildman–Crippen LogP) is 11.9. The normalized spacial score (nSPS) is 11.9. The Morgan fingerprint density at radius 2 is 0.913 bits per heavy atom. The third-order valence-corrected chi connectivity index (χ3v) is 9.68. The number of rotatable bonds is 3. The van der Waals surface area contributed by atoms with Gasteiger partial charge in [0, 0.05) is 32.6 Å². The highest BCUT2D eigenvalue weighted by atomic mass is 15.0. The van der Waals surface area contributed by atoms with E-state index in [4.69, 9.17) is 0 Å². The second kappa shape index (κ2) is 9.69. The van der Waals surface area contributed by atoms with Crippen LogP contribution in [0.5, 0.6) is 0 Å². The molecule has 214 valence electrons. The Morgan fingerprint density at radius 1 is 0.304 bits per heavy atom. The molecular weight excluding hydrogens is 556 g/mol. The van der Waals surface area contributed by atoms with Crippen LogP contribution in [0.2, 0.25) is 0 Å². The molecule has 10 aromatic rings. The Balaban J connectivity index is 1.24. The standard InChI is InChI=1S/C44H28N2/c1-2-13-33(14-3-1)45-40-18-8-6-16-35(40)36-25-23-32(28-43(36)45)31-22-21-30-24-26-42-44(38(30)27-31)37-17-7-9-19-41(37)46(42)39-20-10-12-29-11-4-5-15-34(29)39/h1-28H. The van der Waals surface area contributed by atoms with Crippen molar-refractivity contribution in [2.75, 3.05) is 0 Å². The molecule has 0 saturated carbocycles. The minimum Gasteiger partial charge on any atom is -0.309 e. The van der Waals surface area contributed by atoms with Crippen LogP contribution < -0.4 is 0 Å². The summed E-state index contributed by atoms with van der Waals surface area (Å²) < 4.78 is 4.84. The van der Waals surface area contributed by atoms with Crippen molar-refractivity contribution >= 4 is 65.2 Å². The zero-order valence-electron chi connectivity index (χ0n) is 25.1. The maximum absolute atomic E-state index is 2.45. The highest BCUT2D eigenvalue weighted by Crippen LogP contribution is 2.40. The SMILES string of the molecule is c1ccc(-n2c3ccccc3c3ccc(-c4ccc5ccc6c(c5c4)c4ccccc4n6-c4cccc5ccccc45)cc32)cc1. The number of fused-ring (bicyclic) bond motifs is 9. The van der Waals surface area contributed by atoms with Crippen LogP contribution in [0.4, 0.5) is 0 Å². The Kier molecular flexibility index (Phi) is 5.31. The van der Waals surface area contributed by atoms with Gasteiger partial charge in [0.25, 0.3) is 0 Å². The van der Waals surface area contributed by atoms with Crippen LogP contribution in [0.3, 0.4) is 0 Å². The molecule has 2 aromatic heterocycles. The van der Waals surface area contributed by atoms with Gasteiger partial charge in [0.15, 0.2) is 0 Å². The van der Waals surface area contributed by atoms with Crippen LogP contribution in [-0.2, 0) is 0 Å². The van der Waals surface area contributed by atoms with Crippen LogP contribution >= 0.6 is 0 Å². The summed E-state index contributed by atoms with van der Waals surface area (Å²) in [7, 11) is 0. The van der Waals surface area contributed by atoms with E-state index in [1.165, 1.54) is 87.7 Å². The maximum atomic E-state index is 2.45. The number of aromatic nitrogens is 2. The summed E-state index contributed by atoms with van der Waals surface area (Å²) in [6.45, 7) is 0. The fraction of sp³-hybridized carbons (Fsp3) is 0. The van der Waals surface area contributed by atoms with Gasteiger partial charge in [-0.2, -0.15) is 0 Å². The molecule has 0 unspecified atom stereocenters. The van der Waals surface area contributed by atoms with Gasteiger partial charge in [0.1, 0.15) is 0 Å². The average molecular weight is 585 g/mol. The lowest BCUT2D eigenvalue weighted by Crippen LogP contribution is -1.95. The summed E-state index contributed by atoms with van der Waals surface area (Å²) in [6.07, 6.45) is 0. The summed E-state index contributed by atoms with van der Waals surface area (Å²) in [5.41, 5.74) is 9.70. The zero-order valence-corrected chi connectivity index (χ0v) is 25.1. The molecule has 0 N–H and O–H groups in total. The molecule has 0 atom stereocenters. The maximum Gasteiger partial charge on any atom is 0.0547 e. The molecule has 0 bridgehead atoms. The predicted molar refractivity (Wildman–Crippen MR) is 196 cm³/mol. The zero-order chi connectivity index (χ0) is 30.2. The van der Waals surface area contributed by atoms with E-state index < -0.39 is 0 Å². The summed E-state index contributed by atoms with van der Waals surface area (Å²) in [6, 6.07) is 62.0. The highest BCUT2D eigenvalue weighted by Gasteiger charge is 2.17. The van der Waals surface area contributed by atoms with Gasteiger partial charge in [-0.3, -0.25) is 0 Å². The van der Waals surface area contributed by atoms with E-state index in [0.717, 1.165) is 0 Å². The van der Waals surface area contributed by atoms with Crippen LogP contribution in [-0.4, -0.2) is 9.13 Å². The molecule has 8 aromatic carbocycles. The highest BCUT2D eigenvalue weighted by molar-refractivity contribution is 6.22. The lowest BCUT2D eigenvalue weighted by atomic mass is 9.97. The summed E-state index contributed by atoms with van der Waals surface area (Å²) in [4.78, 5) is 0. The van der Waals surface area contributed by atoms with E-state index in [-0.39, 0.29) is 0 Å². The molecule has 0 radical (unpaired) electrons. The summed E-state index contributed by atoms with van der Waals surface area (Å²) >= 11 is 0. The first-order chi connectivity index (χ1) is 22.8. The van der Waals surface area contributed by atoms with Crippen molar-refractivity contribution in [2.24, 2.45) is 0 Å². The second-order valence-electron chi connectivity index (χ2n) is 12.2. The fourth-order valence-electron chi connectivity index (χ4n) is 7.64. The van der Waals surface area contributed by atoms with Crippen molar-refractivity contribution < 1.29 is 0 Å². The van der Waals surface area contributed by atoms with Gasteiger partial charge in [-0.1, -0.05) is 121 Å². The minimum absolute atomic E-state index is 1.17. The third-order valence-electron chi connectivity index (χ3n) is 9.68. The lowest BCUT2D eigenvalue weighted by molar-refractivity contribution is 1.18. The molecule has 0 saturated heterocycles. The lowest BCUT2D eigenvalue weighted by Gasteiger charge is -2.12. The first-order valence-corrected chi connectivity index (χ1v) is 15.9. The van der Waals surface area contributed by atoms with Crippen molar-refractivity contribution in [1.29, 1.82) is 0 Å². The molecule has 0 spiro atoms. The molecule has 0 fully saturated rings. The van der Waals surface area contributed by atoms with Crippen LogP contribution in [0.15, 0.2) is 170 Å². The van der Waals surface area contributed by atoms with Gasteiger partial charge in [0.05, 0.1) is 27.8 Å². The van der Waals surface area contributed by atoms with E-state index in [1.54, 1.807) is 0 Å². The van der Waals surface area contributed by atoms with Crippen LogP contribution in [0, 0.1) is 0 Å². The molecule has 0 aliphatic rings. The molecule has 0 amide bonds. The molecular formula is C44H28N2. The first-order valence-electron chi connectivity index (χ1n) is 15.9. The Labute approximate surface area is 266 Å². The Bertz CT molecular complexity index is 2790. The smallest absolute Gasteiger partial charge is 0.0547 e. The fourth-order valence-corrected chi connectivity index (χ4v) is 7.64. The van der Waals surface area contributed by atoms with Crippen molar-refractivity contribution in [3.63, 3.8) is 0 Å². The Morgan fingerprint density at radius 3 is 1.78 bits per heavy atom. The number of nitrogens with zero attached hydrogens (tertiary/aromatic N) is 2. The summed E-state index contributed by atoms with van der Waals surface area (Å²) in [5.74, 6) is 0. The van der Waals surface area contributed by atoms with Gasteiger partial charge in [-0.25, -0.2) is 0 Å². The number of para-hydroxylation sites is 3. The number of hydrogen-bond acceptors (Lipinski definition) is 0. The molecule has 2 nitrogen and oxygen atoms in total. The topological polar surface area (TPSA) is 9.86 Å². The van der Waals surface area contributed by atoms with Crippen LogP contribution in [0.25, 0.3) is 87.7 Å². The van der Waals surface area contributed by atoms with Crippen molar-refractivity contribution in [1.82, 2.24) is 9.13 Å². The minimum atomic E-state index is 1.17. The van der Waals surface area contributed by atoms with Crippen molar-refractivity contribution in [2.45, 2.75) is 0 Å². The third kappa shape index (κ3) is 3.59. The van der Waals surface area contributed by atoms with Crippen molar-refractivity contribution in [3.8, 4) is 22.5 Å². The second-order valence-corrected chi connectivity index (χ2v) is 12.2. The quantitative estimate of drug-likeness (QED) is 0.195. The van der Waals surface area contributed by atoms with Gasteiger partial charge >= 0.3 is 0 Å². The first kappa shape index (κ1) is 25.2. The van der Waals surface area contributed by atoms with Gasteiger partial charge < -0.3 is 9.13 Å². The van der Waals surface area contributed by atoms with E-state index in [0.29, 0.717) is 0 Å². The van der Waals surface area contributed by atoms with Crippen LogP contribution in [0.1, 0.15) is 0 Å². The molecule has 2 heterocycles. The Hall–Kier alpha value is -6.12.